The molecule has 0 bridgehead atoms. The Labute approximate surface area is 340 Å². The van der Waals surface area contributed by atoms with E-state index in [1.807, 2.05) is 0 Å². The summed E-state index contributed by atoms with van der Waals surface area (Å²) >= 11 is 0. The molecule has 3 aromatic heterocycles. The number of rotatable bonds is 3. The second-order valence-corrected chi connectivity index (χ2v) is 17.0. The van der Waals surface area contributed by atoms with Crippen LogP contribution in [-0.2, 0) is 0 Å². The van der Waals surface area contributed by atoms with Crippen molar-refractivity contribution in [3.8, 4) is 17.1 Å². The summed E-state index contributed by atoms with van der Waals surface area (Å²) < 4.78 is 7.44. The molecule has 0 aliphatic rings. The molecule has 278 valence electrons. The molecule has 0 aliphatic heterocycles. The van der Waals surface area contributed by atoms with Crippen molar-refractivity contribution in [1.82, 2.24) is 13.7 Å². The van der Waals surface area contributed by atoms with Gasteiger partial charge in [-0.25, -0.2) is 0 Å². The van der Waals surface area contributed by atoms with Gasteiger partial charge in [-0.15, -0.1) is 0 Å². The van der Waals surface area contributed by atoms with Crippen LogP contribution in [0.4, 0.5) is 0 Å². The Balaban J connectivity index is 1.14. The highest BCUT2D eigenvalue weighted by Crippen LogP contribution is 2.42. The van der Waals surface area contributed by atoms with Crippen molar-refractivity contribution in [2.45, 2.75) is 27.7 Å². The Hall–Kier alpha value is -7.36. The molecule has 0 N–H and O–H groups in total. The smallest absolute Gasteiger partial charge is 0.0561 e. The van der Waals surface area contributed by atoms with E-state index < -0.39 is 0 Å². The van der Waals surface area contributed by atoms with Gasteiger partial charge in [0.05, 0.1) is 33.1 Å². The molecule has 0 fully saturated rings. The van der Waals surface area contributed by atoms with Crippen LogP contribution in [0.25, 0.3) is 115 Å². The van der Waals surface area contributed by atoms with Crippen molar-refractivity contribution in [3.05, 3.63) is 186 Å². The van der Waals surface area contributed by atoms with Gasteiger partial charge >= 0.3 is 0 Å². The van der Waals surface area contributed by atoms with E-state index in [1.54, 1.807) is 0 Å². The first-order chi connectivity index (χ1) is 28.9. The van der Waals surface area contributed by atoms with Gasteiger partial charge in [0.2, 0.25) is 0 Å². The molecule has 13 rings (SSSR count). The average Bonchev–Trinajstić information content (AvgIpc) is 3.86. The standard InChI is InChI=1S/C56H39N3/c1-32-8-20-49-45(24-32)46-25-33(2)9-21-50(46)57(49)40-16-18-43-44-19-17-41(58-51-22-10-34(3)26-47(51)48-27-35(4)11-23-52(48)58)31-54(44)59(53(43)30-40)42-28-38-14-12-36-6-5-7-37-13-15-39(29-42)56(38)55(36)37/h5-31H,1-4H3. The maximum absolute atomic E-state index is 2.52. The monoisotopic (exact) mass is 753 g/mol. The highest BCUT2D eigenvalue weighted by atomic mass is 15.0. The van der Waals surface area contributed by atoms with Crippen LogP contribution in [0.3, 0.4) is 0 Å². The van der Waals surface area contributed by atoms with Crippen molar-refractivity contribution in [2.75, 3.05) is 0 Å². The fourth-order valence-electron chi connectivity index (χ4n) is 10.5. The maximum atomic E-state index is 2.52. The van der Waals surface area contributed by atoms with Crippen LogP contribution in [0.1, 0.15) is 22.3 Å². The van der Waals surface area contributed by atoms with E-state index in [1.165, 1.54) is 120 Å². The van der Waals surface area contributed by atoms with Crippen LogP contribution in [0.5, 0.6) is 0 Å². The molecule has 59 heavy (non-hydrogen) atoms. The third kappa shape index (κ3) is 4.53. The second-order valence-electron chi connectivity index (χ2n) is 17.0. The van der Waals surface area contributed by atoms with Gasteiger partial charge in [0, 0.05) is 49.4 Å². The van der Waals surface area contributed by atoms with E-state index in [0.29, 0.717) is 0 Å². The van der Waals surface area contributed by atoms with Gasteiger partial charge in [-0.05, 0) is 145 Å². The van der Waals surface area contributed by atoms with E-state index >= 15 is 0 Å². The van der Waals surface area contributed by atoms with E-state index in [0.717, 1.165) is 17.1 Å². The third-order valence-electron chi connectivity index (χ3n) is 13.1. The maximum Gasteiger partial charge on any atom is 0.0561 e. The van der Waals surface area contributed by atoms with Crippen LogP contribution in [0, 0.1) is 27.7 Å². The van der Waals surface area contributed by atoms with Gasteiger partial charge in [0.25, 0.3) is 0 Å². The number of nitrogens with zero attached hydrogens (tertiary/aromatic N) is 3. The minimum absolute atomic E-state index is 1.15. The van der Waals surface area contributed by atoms with Crippen molar-refractivity contribution in [1.29, 1.82) is 0 Å². The zero-order valence-corrected chi connectivity index (χ0v) is 33.4. The average molecular weight is 754 g/mol. The molecule has 0 atom stereocenters. The lowest BCUT2D eigenvalue weighted by molar-refractivity contribution is 1.15. The van der Waals surface area contributed by atoms with Gasteiger partial charge in [0.1, 0.15) is 0 Å². The highest BCUT2D eigenvalue weighted by Gasteiger charge is 2.20. The fraction of sp³-hybridized carbons (Fsp3) is 0.0714. The molecule has 3 heterocycles. The van der Waals surface area contributed by atoms with Gasteiger partial charge in [-0.1, -0.05) is 101 Å². The topological polar surface area (TPSA) is 14.8 Å². The van der Waals surface area contributed by atoms with Crippen LogP contribution in [0.15, 0.2) is 164 Å². The minimum atomic E-state index is 1.15. The molecular weight excluding hydrogens is 715 g/mol. The quantitative estimate of drug-likeness (QED) is 0.160. The number of hydrogen-bond acceptors (Lipinski definition) is 0. The van der Waals surface area contributed by atoms with Crippen molar-refractivity contribution < 1.29 is 0 Å². The molecule has 3 nitrogen and oxygen atoms in total. The first-order valence-electron chi connectivity index (χ1n) is 20.7. The molecule has 0 radical (unpaired) electrons. The minimum Gasteiger partial charge on any atom is -0.309 e. The molecule has 13 aromatic rings. The Morgan fingerprint density at radius 1 is 0.254 bits per heavy atom. The number of hydrogen-bond donors (Lipinski definition) is 0. The van der Waals surface area contributed by atoms with Crippen LogP contribution >= 0.6 is 0 Å². The fourth-order valence-corrected chi connectivity index (χ4v) is 10.5. The van der Waals surface area contributed by atoms with Crippen molar-refractivity contribution >= 4 is 97.7 Å². The lowest BCUT2D eigenvalue weighted by atomic mass is 9.94. The highest BCUT2D eigenvalue weighted by molar-refractivity contribution is 6.24. The van der Waals surface area contributed by atoms with Gasteiger partial charge in [-0.2, -0.15) is 0 Å². The van der Waals surface area contributed by atoms with E-state index in [4.69, 9.17) is 0 Å². The molecule has 0 saturated carbocycles. The second kappa shape index (κ2) is 11.6. The summed E-state index contributed by atoms with van der Waals surface area (Å²) in [4.78, 5) is 0. The predicted octanol–water partition coefficient (Wildman–Crippen LogP) is 15.1. The lowest BCUT2D eigenvalue weighted by Crippen LogP contribution is -1.99. The largest absolute Gasteiger partial charge is 0.309 e. The normalized spacial score (nSPS) is 12.4. The molecule has 0 unspecified atom stereocenters. The first-order valence-corrected chi connectivity index (χ1v) is 20.7. The Morgan fingerprint density at radius 3 is 1.02 bits per heavy atom. The number of aryl methyl sites for hydroxylation is 4. The molecule has 3 heteroatoms. The van der Waals surface area contributed by atoms with E-state index in [2.05, 4.69) is 205 Å². The summed E-state index contributed by atoms with van der Waals surface area (Å²) in [6, 6.07) is 62.3. The van der Waals surface area contributed by atoms with E-state index in [9.17, 15) is 0 Å². The summed E-state index contributed by atoms with van der Waals surface area (Å²) in [6.45, 7) is 8.75. The number of fused-ring (bicyclic) bond motifs is 9. The summed E-state index contributed by atoms with van der Waals surface area (Å²) in [7, 11) is 0. The lowest BCUT2D eigenvalue weighted by Gasteiger charge is -2.16. The number of aromatic nitrogens is 3. The van der Waals surface area contributed by atoms with E-state index in [-0.39, 0.29) is 0 Å². The molecule has 0 amide bonds. The Kier molecular flexibility index (Phi) is 6.44. The van der Waals surface area contributed by atoms with Gasteiger partial charge in [0.15, 0.2) is 0 Å². The summed E-state index contributed by atoms with van der Waals surface area (Å²) in [5, 5.41) is 15.4. The van der Waals surface area contributed by atoms with Crippen molar-refractivity contribution in [3.63, 3.8) is 0 Å². The summed E-state index contributed by atoms with van der Waals surface area (Å²) in [6.07, 6.45) is 0. The van der Waals surface area contributed by atoms with Crippen LogP contribution in [0.2, 0.25) is 0 Å². The molecule has 10 aromatic carbocycles. The van der Waals surface area contributed by atoms with Gasteiger partial charge < -0.3 is 13.7 Å². The summed E-state index contributed by atoms with van der Waals surface area (Å²) in [5.74, 6) is 0. The zero-order chi connectivity index (χ0) is 39.3. The zero-order valence-electron chi connectivity index (χ0n) is 33.4. The molecular formula is C56H39N3. The number of benzene rings is 10. The molecule has 0 aliphatic carbocycles. The summed E-state index contributed by atoms with van der Waals surface area (Å²) in [5.41, 5.74) is 15.8. The third-order valence-corrected chi connectivity index (χ3v) is 13.1. The Bertz CT molecular complexity index is 3580. The first kappa shape index (κ1) is 32.7. The SMILES string of the molecule is Cc1ccc2c(c1)c1cc(C)ccc1n2-c1ccc2c3ccc(-n4c5ccc(C)cc5c5cc(C)ccc54)cc3n(-c3cc4ccc5cccc6ccc(c3)c4c56)c2c1. The Morgan fingerprint density at radius 2 is 0.610 bits per heavy atom. The molecule has 0 saturated heterocycles. The predicted molar refractivity (Wildman–Crippen MR) is 252 cm³/mol. The molecule has 0 spiro atoms. The van der Waals surface area contributed by atoms with Crippen LogP contribution < -0.4 is 0 Å². The van der Waals surface area contributed by atoms with Crippen molar-refractivity contribution in [2.24, 2.45) is 0 Å². The van der Waals surface area contributed by atoms with Crippen LogP contribution in [-0.4, -0.2) is 13.7 Å². The van der Waals surface area contributed by atoms with Gasteiger partial charge in [-0.3, -0.25) is 0 Å².